The van der Waals surface area contributed by atoms with Crippen molar-refractivity contribution >= 4 is 22.3 Å². The van der Waals surface area contributed by atoms with Crippen LogP contribution in [0.15, 0.2) is 54.7 Å². The van der Waals surface area contributed by atoms with Crippen LogP contribution in [0.2, 0.25) is 0 Å². The fraction of sp³-hybridized carbons (Fsp3) is 0.250. The number of unbranched alkanes of at least 4 members (excludes halogenated alkanes) is 1. The Kier molecular flexibility index (Phi) is 5.29. The molecular formula is C20H23N3O. The second-order valence-electron chi connectivity index (χ2n) is 5.81. The summed E-state index contributed by atoms with van der Waals surface area (Å²) >= 11 is 0. The summed E-state index contributed by atoms with van der Waals surface area (Å²) in [6, 6.07) is 16.3. The molecule has 0 aliphatic rings. The van der Waals surface area contributed by atoms with Crippen LogP contribution < -0.4 is 11.1 Å². The van der Waals surface area contributed by atoms with Gasteiger partial charge in [-0.1, -0.05) is 30.3 Å². The van der Waals surface area contributed by atoms with Gasteiger partial charge in [0.1, 0.15) is 5.82 Å². The molecule has 4 nitrogen and oxygen atoms in total. The molecule has 0 unspecified atom stereocenters. The van der Waals surface area contributed by atoms with Gasteiger partial charge in [0, 0.05) is 43.1 Å². The summed E-state index contributed by atoms with van der Waals surface area (Å²) in [5.41, 5.74) is 9.13. The molecule has 0 radical (unpaired) electrons. The van der Waals surface area contributed by atoms with Gasteiger partial charge in [-0.05, 0) is 42.0 Å². The van der Waals surface area contributed by atoms with Crippen molar-refractivity contribution in [3.63, 3.8) is 0 Å². The number of rotatable bonds is 7. The second kappa shape index (κ2) is 7.79. The van der Waals surface area contributed by atoms with Crippen LogP contribution in [0.25, 0.3) is 21.9 Å². The van der Waals surface area contributed by atoms with E-state index < -0.39 is 0 Å². The molecule has 1 heterocycles. The van der Waals surface area contributed by atoms with Crippen molar-refractivity contribution in [3.8, 4) is 11.1 Å². The van der Waals surface area contributed by atoms with Crippen molar-refractivity contribution in [2.45, 2.75) is 12.8 Å². The molecule has 0 spiro atoms. The molecule has 0 saturated heterocycles. The molecule has 124 valence electrons. The Balaban J connectivity index is 1.76. The lowest BCUT2D eigenvalue weighted by molar-refractivity contribution is 0.194. The zero-order valence-electron chi connectivity index (χ0n) is 14.0. The molecule has 0 atom stereocenters. The van der Waals surface area contributed by atoms with Crippen LogP contribution in [0.4, 0.5) is 11.5 Å². The van der Waals surface area contributed by atoms with E-state index in [0.29, 0.717) is 0 Å². The lowest BCUT2D eigenvalue weighted by Gasteiger charge is -2.10. The van der Waals surface area contributed by atoms with Crippen LogP contribution in [-0.2, 0) is 4.74 Å². The van der Waals surface area contributed by atoms with Crippen molar-refractivity contribution in [2.24, 2.45) is 0 Å². The number of methoxy groups -OCH3 is 1. The largest absolute Gasteiger partial charge is 0.398 e. The van der Waals surface area contributed by atoms with Crippen molar-refractivity contribution in [2.75, 3.05) is 31.3 Å². The number of aromatic nitrogens is 1. The highest BCUT2D eigenvalue weighted by Crippen LogP contribution is 2.31. The molecule has 0 saturated carbocycles. The van der Waals surface area contributed by atoms with E-state index in [9.17, 15) is 0 Å². The Morgan fingerprint density at radius 2 is 1.83 bits per heavy atom. The molecule has 3 aromatic rings. The maximum absolute atomic E-state index is 6.08. The quantitative estimate of drug-likeness (QED) is 0.502. The smallest absolute Gasteiger partial charge is 0.125 e. The highest BCUT2D eigenvalue weighted by atomic mass is 16.5. The number of nitrogen functional groups attached to an aromatic ring is 1. The Bertz CT molecular complexity index is 800. The van der Waals surface area contributed by atoms with Crippen LogP contribution in [0.3, 0.4) is 0 Å². The first-order valence-electron chi connectivity index (χ1n) is 8.26. The second-order valence-corrected chi connectivity index (χ2v) is 5.81. The molecule has 3 N–H and O–H groups in total. The molecule has 3 rings (SSSR count). The normalized spacial score (nSPS) is 10.9. The van der Waals surface area contributed by atoms with Gasteiger partial charge in [-0.3, -0.25) is 0 Å². The molecule has 0 bridgehead atoms. The lowest BCUT2D eigenvalue weighted by Crippen LogP contribution is -2.04. The van der Waals surface area contributed by atoms with E-state index in [1.165, 1.54) is 0 Å². The maximum Gasteiger partial charge on any atom is 0.125 e. The predicted octanol–water partition coefficient (Wildman–Crippen LogP) is 4.32. The van der Waals surface area contributed by atoms with Gasteiger partial charge in [-0.25, -0.2) is 4.98 Å². The number of benzene rings is 2. The van der Waals surface area contributed by atoms with Crippen LogP contribution in [-0.4, -0.2) is 25.2 Å². The van der Waals surface area contributed by atoms with E-state index >= 15 is 0 Å². The standard InChI is InChI=1S/C20H23N3O/c1-24-13-5-4-12-22-20-11-8-15(14-23-20)16-9-10-19(21)18-7-3-2-6-17(16)18/h2-3,6-11,14H,4-5,12-13,21H2,1H3,(H,22,23). The Morgan fingerprint density at radius 1 is 1.00 bits per heavy atom. The van der Waals surface area contributed by atoms with E-state index in [0.717, 1.165) is 59.4 Å². The number of nitrogens with two attached hydrogens (primary N) is 1. The van der Waals surface area contributed by atoms with Crippen LogP contribution in [0, 0.1) is 0 Å². The highest BCUT2D eigenvalue weighted by Gasteiger charge is 2.06. The number of ether oxygens (including phenoxy) is 1. The Labute approximate surface area is 142 Å². The topological polar surface area (TPSA) is 60.2 Å². The van der Waals surface area contributed by atoms with Gasteiger partial charge in [0.05, 0.1) is 0 Å². The minimum Gasteiger partial charge on any atom is -0.398 e. The molecule has 1 aromatic heterocycles. The van der Waals surface area contributed by atoms with Crippen molar-refractivity contribution < 1.29 is 4.74 Å². The first-order valence-corrected chi connectivity index (χ1v) is 8.26. The minimum atomic E-state index is 0.802. The van der Waals surface area contributed by atoms with E-state index in [1.54, 1.807) is 7.11 Å². The van der Waals surface area contributed by atoms with Gasteiger partial charge < -0.3 is 15.8 Å². The molecule has 0 fully saturated rings. The highest BCUT2D eigenvalue weighted by molar-refractivity contribution is 6.02. The van der Waals surface area contributed by atoms with Gasteiger partial charge in [-0.15, -0.1) is 0 Å². The number of hydrogen-bond acceptors (Lipinski definition) is 4. The monoisotopic (exact) mass is 321 g/mol. The van der Waals surface area contributed by atoms with E-state index in [1.807, 2.05) is 30.5 Å². The third-order valence-electron chi connectivity index (χ3n) is 4.11. The zero-order chi connectivity index (χ0) is 16.8. The van der Waals surface area contributed by atoms with Gasteiger partial charge >= 0.3 is 0 Å². The maximum atomic E-state index is 6.08. The molecule has 4 heteroatoms. The summed E-state index contributed by atoms with van der Waals surface area (Å²) in [5, 5.41) is 5.57. The summed E-state index contributed by atoms with van der Waals surface area (Å²) in [6.07, 6.45) is 4.04. The summed E-state index contributed by atoms with van der Waals surface area (Å²) in [5.74, 6) is 0.899. The Morgan fingerprint density at radius 3 is 2.58 bits per heavy atom. The Hall–Kier alpha value is -2.59. The number of pyridine rings is 1. The number of fused-ring (bicyclic) bond motifs is 1. The first-order chi connectivity index (χ1) is 11.8. The molecule has 0 amide bonds. The fourth-order valence-corrected chi connectivity index (χ4v) is 2.82. The average Bonchev–Trinajstić information content (AvgIpc) is 2.63. The van der Waals surface area contributed by atoms with Crippen LogP contribution in [0.1, 0.15) is 12.8 Å². The van der Waals surface area contributed by atoms with Crippen molar-refractivity contribution in [1.82, 2.24) is 4.98 Å². The van der Waals surface area contributed by atoms with Gasteiger partial charge in [0.15, 0.2) is 0 Å². The van der Waals surface area contributed by atoms with Crippen molar-refractivity contribution in [1.29, 1.82) is 0 Å². The molecule has 0 aliphatic heterocycles. The molecule has 24 heavy (non-hydrogen) atoms. The minimum absolute atomic E-state index is 0.802. The molecule has 2 aromatic carbocycles. The van der Waals surface area contributed by atoms with Crippen LogP contribution >= 0.6 is 0 Å². The predicted molar refractivity (Wildman–Crippen MR) is 101 cm³/mol. The SMILES string of the molecule is COCCCCNc1ccc(-c2ccc(N)c3ccccc23)cn1. The summed E-state index contributed by atoms with van der Waals surface area (Å²) in [6.45, 7) is 1.71. The number of nitrogens with zero attached hydrogens (tertiary/aromatic N) is 1. The number of anilines is 2. The van der Waals surface area contributed by atoms with Crippen molar-refractivity contribution in [3.05, 3.63) is 54.7 Å². The number of hydrogen-bond donors (Lipinski definition) is 2. The lowest BCUT2D eigenvalue weighted by atomic mass is 9.98. The van der Waals surface area contributed by atoms with E-state index in [2.05, 4.69) is 34.6 Å². The summed E-state index contributed by atoms with van der Waals surface area (Å²) < 4.78 is 5.05. The molecular weight excluding hydrogens is 298 g/mol. The average molecular weight is 321 g/mol. The number of nitrogens with one attached hydrogen (secondary N) is 1. The molecule has 0 aliphatic carbocycles. The van der Waals surface area contributed by atoms with Gasteiger partial charge in [0.2, 0.25) is 0 Å². The van der Waals surface area contributed by atoms with E-state index in [4.69, 9.17) is 10.5 Å². The first kappa shape index (κ1) is 16.3. The summed E-state index contributed by atoms with van der Waals surface area (Å²) in [4.78, 5) is 4.53. The van der Waals surface area contributed by atoms with Gasteiger partial charge in [0.25, 0.3) is 0 Å². The van der Waals surface area contributed by atoms with E-state index in [-0.39, 0.29) is 0 Å². The van der Waals surface area contributed by atoms with Crippen LogP contribution in [0.5, 0.6) is 0 Å². The third kappa shape index (κ3) is 3.66. The zero-order valence-corrected chi connectivity index (χ0v) is 14.0. The fourth-order valence-electron chi connectivity index (χ4n) is 2.82. The van der Waals surface area contributed by atoms with Gasteiger partial charge in [-0.2, -0.15) is 0 Å². The third-order valence-corrected chi connectivity index (χ3v) is 4.11. The summed E-state index contributed by atoms with van der Waals surface area (Å²) in [7, 11) is 1.73.